The minimum atomic E-state index is -0.234. The largest absolute Gasteiger partial charge is 0.375 e. The average Bonchev–Trinajstić information content (AvgIpc) is 2.72. The summed E-state index contributed by atoms with van der Waals surface area (Å²) in [5.74, 6) is 0. The molecular weight excluding hydrogens is 208 g/mol. The van der Waals surface area contributed by atoms with Crippen LogP contribution in [0.3, 0.4) is 0 Å². The fourth-order valence-electron chi connectivity index (χ4n) is 1.79. The summed E-state index contributed by atoms with van der Waals surface area (Å²) in [6, 6.07) is 0. The molecule has 1 aromatic rings. The second-order valence-electron chi connectivity index (χ2n) is 4.05. The highest BCUT2D eigenvalue weighted by Crippen LogP contribution is 2.33. The summed E-state index contributed by atoms with van der Waals surface area (Å²) in [7, 11) is 0. The van der Waals surface area contributed by atoms with Crippen LogP contribution in [-0.4, -0.2) is 11.6 Å². The number of hydrogen-bond donors (Lipinski definition) is 1. The summed E-state index contributed by atoms with van der Waals surface area (Å²) in [4.78, 5) is 5.95. The Bertz CT molecular complexity index is 321. The fourth-order valence-corrected chi connectivity index (χ4v) is 3.08. The molecule has 0 radical (unpaired) electrons. The smallest absolute Gasteiger partial charge is 0.113 e. The van der Waals surface area contributed by atoms with Gasteiger partial charge in [-0.15, -0.1) is 11.3 Å². The standard InChI is InChI=1S/C11H18N2OS/c1-3-11(12,4-2)10-13-8-5-6-14-7-9(8)15-10/h3-7,12H2,1-2H3. The molecule has 4 heteroatoms. The number of thiazole rings is 1. The Balaban J connectivity index is 2.32. The molecule has 1 aromatic heterocycles. The number of nitrogens with two attached hydrogens (primary N) is 1. The minimum Gasteiger partial charge on any atom is -0.375 e. The van der Waals surface area contributed by atoms with Crippen LogP contribution in [0.25, 0.3) is 0 Å². The van der Waals surface area contributed by atoms with Crippen LogP contribution < -0.4 is 5.73 Å². The molecule has 0 spiro atoms. The number of fused-ring (bicyclic) bond motifs is 1. The summed E-state index contributed by atoms with van der Waals surface area (Å²) in [6.07, 6.45) is 2.82. The second kappa shape index (κ2) is 4.20. The lowest BCUT2D eigenvalue weighted by atomic mass is 9.95. The molecule has 0 amide bonds. The molecule has 3 nitrogen and oxygen atoms in total. The van der Waals surface area contributed by atoms with Crippen LogP contribution in [0, 0.1) is 0 Å². The van der Waals surface area contributed by atoms with Crippen LogP contribution in [0.4, 0.5) is 0 Å². The van der Waals surface area contributed by atoms with Crippen molar-refractivity contribution in [1.29, 1.82) is 0 Å². The first-order valence-electron chi connectivity index (χ1n) is 5.55. The predicted molar refractivity (Wildman–Crippen MR) is 61.9 cm³/mol. The van der Waals surface area contributed by atoms with Gasteiger partial charge >= 0.3 is 0 Å². The van der Waals surface area contributed by atoms with Crippen molar-refractivity contribution >= 4 is 11.3 Å². The molecule has 0 saturated heterocycles. The first-order valence-corrected chi connectivity index (χ1v) is 6.37. The van der Waals surface area contributed by atoms with Crippen LogP contribution in [0.5, 0.6) is 0 Å². The molecule has 0 aliphatic carbocycles. The topological polar surface area (TPSA) is 48.1 Å². The van der Waals surface area contributed by atoms with Gasteiger partial charge in [-0.2, -0.15) is 0 Å². The van der Waals surface area contributed by atoms with E-state index in [0.29, 0.717) is 0 Å². The average molecular weight is 226 g/mol. The Hall–Kier alpha value is -0.450. The van der Waals surface area contributed by atoms with Gasteiger partial charge in [-0.3, -0.25) is 0 Å². The van der Waals surface area contributed by atoms with Crippen molar-refractivity contribution in [3.63, 3.8) is 0 Å². The molecule has 15 heavy (non-hydrogen) atoms. The maximum Gasteiger partial charge on any atom is 0.113 e. The van der Waals surface area contributed by atoms with Gasteiger partial charge in [0.15, 0.2) is 0 Å². The van der Waals surface area contributed by atoms with E-state index in [9.17, 15) is 0 Å². The fraction of sp³-hybridized carbons (Fsp3) is 0.727. The van der Waals surface area contributed by atoms with E-state index < -0.39 is 0 Å². The highest BCUT2D eigenvalue weighted by atomic mass is 32.1. The molecule has 0 fully saturated rings. The van der Waals surface area contributed by atoms with Gasteiger partial charge in [-0.1, -0.05) is 13.8 Å². The summed E-state index contributed by atoms with van der Waals surface area (Å²) in [5, 5.41) is 1.09. The van der Waals surface area contributed by atoms with Gasteiger partial charge in [0.25, 0.3) is 0 Å². The highest BCUT2D eigenvalue weighted by molar-refractivity contribution is 7.11. The molecule has 84 valence electrons. The van der Waals surface area contributed by atoms with Crippen molar-refractivity contribution in [1.82, 2.24) is 4.98 Å². The van der Waals surface area contributed by atoms with Gasteiger partial charge in [-0.05, 0) is 12.8 Å². The monoisotopic (exact) mass is 226 g/mol. The Morgan fingerprint density at radius 2 is 2.20 bits per heavy atom. The number of nitrogens with zero attached hydrogens (tertiary/aromatic N) is 1. The van der Waals surface area contributed by atoms with E-state index in [1.165, 1.54) is 10.6 Å². The first kappa shape index (κ1) is 11.0. The lowest BCUT2D eigenvalue weighted by Gasteiger charge is -2.23. The van der Waals surface area contributed by atoms with E-state index in [1.54, 1.807) is 11.3 Å². The molecule has 2 heterocycles. The maximum atomic E-state index is 6.34. The molecule has 0 saturated carbocycles. The van der Waals surface area contributed by atoms with Crippen molar-refractivity contribution in [3.8, 4) is 0 Å². The van der Waals surface area contributed by atoms with Crippen molar-refractivity contribution in [2.45, 2.75) is 45.3 Å². The second-order valence-corrected chi connectivity index (χ2v) is 5.14. The molecule has 0 atom stereocenters. The van der Waals surface area contributed by atoms with Crippen molar-refractivity contribution < 1.29 is 4.74 Å². The van der Waals surface area contributed by atoms with Crippen LogP contribution >= 0.6 is 11.3 Å². The quantitative estimate of drug-likeness (QED) is 0.859. The molecule has 2 N–H and O–H groups in total. The summed E-state index contributed by atoms with van der Waals surface area (Å²) in [5.41, 5.74) is 7.31. The van der Waals surface area contributed by atoms with Crippen LogP contribution in [0.2, 0.25) is 0 Å². The molecule has 0 bridgehead atoms. The summed E-state index contributed by atoms with van der Waals surface area (Å²) >= 11 is 1.73. The zero-order chi connectivity index (χ0) is 10.9. The number of rotatable bonds is 3. The van der Waals surface area contributed by atoms with Gasteiger partial charge in [0.1, 0.15) is 5.01 Å². The van der Waals surface area contributed by atoms with E-state index in [1.807, 2.05) is 0 Å². The molecule has 1 aliphatic heterocycles. The third-order valence-corrected chi connectivity index (χ3v) is 4.47. The molecular formula is C11H18N2OS. The maximum absolute atomic E-state index is 6.34. The normalized spacial score (nSPS) is 16.5. The zero-order valence-electron chi connectivity index (χ0n) is 9.38. The lowest BCUT2D eigenvalue weighted by molar-refractivity contribution is 0.112. The SMILES string of the molecule is CCC(N)(CC)c1nc2c(s1)COCC2. The van der Waals surface area contributed by atoms with Gasteiger partial charge < -0.3 is 10.5 Å². The third kappa shape index (κ3) is 1.94. The van der Waals surface area contributed by atoms with E-state index in [-0.39, 0.29) is 5.54 Å². The highest BCUT2D eigenvalue weighted by Gasteiger charge is 2.29. The van der Waals surface area contributed by atoms with Crippen LogP contribution in [-0.2, 0) is 23.3 Å². The molecule has 2 rings (SSSR count). The van der Waals surface area contributed by atoms with Crippen molar-refractivity contribution in [2.24, 2.45) is 5.73 Å². The van der Waals surface area contributed by atoms with Crippen molar-refractivity contribution in [3.05, 3.63) is 15.6 Å². The van der Waals surface area contributed by atoms with Crippen LogP contribution in [0.1, 0.15) is 42.3 Å². The lowest BCUT2D eigenvalue weighted by Crippen LogP contribution is -2.34. The molecule has 1 aliphatic rings. The number of aromatic nitrogens is 1. The Morgan fingerprint density at radius 1 is 1.47 bits per heavy atom. The van der Waals surface area contributed by atoms with Crippen molar-refractivity contribution in [2.75, 3.05) is 6.61 Å². The van der Waals surface area contributed by atoms with Gasteiger partial charge in [0.2, 0.25) is 0 Å². The Kier molecular flexibility index (Phi) is 3.09. The molecule has 0 unspecified atom stereocenters. The van der Waals surface area contributed by atoms with Crippen LogP contribution in [0.15, 0.2) is 0 Å². The Labute approximate surface area is 94.7 Å². The van der Waals surface area contributed by atoms with Gasteiger partial charge in [0.05, 0.1) is 29.3 Å². The summed E-state index contributed by atoms with van der Waals surface area (Å²) < 4.78 is 5.42. The van der Waals surface area contributed by atoms with E-state index in [2.05, 4.69) is 18.8 Å². The van der Waals surface area contributed by atoms with Gasteiger partial charge in [0, 0.05) is 6.42 Å². The number of hydrogen-bond acceptors (Lipinski definition) is 4. The van der Waals surface area contributed by atoms with E-state index >= 15 is 0 Å². The minimum absolute atomic E-state index is 0.234. The summed E-state index contributed by atoms with van der Waals surface area (Å²) in [6.45, 7) is 5.77. The first-order chi connectivity index (χ1) is 7.19. The van der Waals surface area contributed by atoms with E-state index in [0.717, 1.165) is 37.5 Å². The predicted octanol–water partition coefficient (Wildman–Crippen LogP) is 2.19. The van der Waals surface area contributed by atoms with Gasteiger partial charge in [-0.25, -0.2) is 4.98 Å². The van der Waals surface area contributed by atoms with E-state index in [4.69, 9.17) is 10.5 Å². The zero-order valence-corrected chi connectivity index (χ0v) is 10.2. The Morgan fingerprint density at radius 3 is 2.80 bits per heavy atom. The third-order valence-electron chi connectivity index (χ3n) is 3.18. The molecule has 0 aromatic carbocycles. The number of ether oxygens (including phenoxy) is 1.